The fourth-order valence-corrected chi connectivity index (χ4v) is 3.63. The van der Waals surface area contributed by atoms with Crippen LogP contribution in [0.3, 0.4) is 0 Å². The molecule has 1 unspecified atom stereocenters. The van der Waals surface area contributed by atoms with Crippen molar-refractivity contribution < 1.29 is 33.4 Å². The average Bonchev–Trinajstić information content (AvgIpc) is 2.92. The first-order valence-electron chi connectivity index (χ1n) is 12.5. The Morgan fingerprint density at radius 2 is 1.47 bits per heavy atom. The smallest absolute Gasteiger partial charge is 0.408 e. The summed E-state index contributed by atoms with van der Waals surface area (Å²) in [5.41, 5.74) is 1.48. The number of amides is 3. The van der Waals surface area contributed by atoms with Crippen molar-refractivity contribution in [2.45, 2.75) is 58.8 Å². The summed E-state index contributed by atoms with van der Waals surface area (Å²) in [4.78, 5) is 50.8. The third kappa shape index (κ3) is 9.76. The zero-order valence-electron chi connectivity index (χ0n) is 22.5. The summed E-state index contributed by atoms with van der Waals surface area (Å²) in [6.07, 6.45) is -0.237. The number of hydrogen-bond acceptors (Lipinski definition) is 7. The molecule has 0 aliphatic heterocycles. The summed E-state index contributed by atoms with van der Waals surface area (Å²) in [6, 6.07) is 12.3. The van der Waals surface area contributed by atoms with E-state index in [9.17, 15) is 19.2 Å². The number of nitrogens with one attached hydrogen (secondary N) is 3. The number of carbonyl (C=O) groups is 4. The maximum Gasteiger partial charge on any atom is 0.408 e. The van der Waals surface area contributed by atoms with Crippen molar-refractivity contribution in [3.63, 3.8) is 0 Å². The minimum absolute atomic E-state index is 0.0537. The van der Waals surface area contributed by atoms with Gasteiger partial charge in [-0.3, -0.25) is 14.4 Å². The molecule has 0 saturated carbocycles. The lowest BCUT2D eigenvalue weighted by molar-refractivity contribution is -0.140. The Labute approximate surface area is 223 Å². The molecule has 2 aromatic rings. The van der Waals surface area contributed by atoms with Gasteiger partial charge < -0.3 is 30.2 Å². The van der Waals surface area contributed by atoms with E-state index in [0.29, 0.717) is 23.5 Å². The predicted octanol–water partition coefficient (Wildman–Crippen LogP) is 3.13. The highest BCUT2D eigenvalue weighted by Crippen LogP contribution is 2.22. The Hall–Kier alpha value is -4.08. The molecule has 0 aliphatic rings. The van der Waals surface area contributed by atoms with Crippen LogP contribution in [0.25, 0.3) is 0 Å². The minimum Gasteiger partial charge on any atom is -0.497 e. The average molecular weight is 528 g/mol. The van der Waals surface area contributed by atoms with E-state index < -0.39 is 35.8 Å². The quantitative estimate of drug-likeness (QED) is 0.322. The van der Waals surface area contributed by atoms with E-state index in [1.165, 1.54) is 14.2 Å². The molecular weight excluding hydrogens is 490 g/mol. The zero-order valence-corrected chi connectivity index (χ0v) is 22.5. The number of ketones is 1. The maximum absolute atomic E-state index is 13.0. The molecule has 0 aromatic heterocycles. The van der Waals surface area contributed by atoms with Gasteiger partial charge in [0.25, 0.3) is 5.91 Å². The van der Waals surface area contributed by atoms with E-state index in [-0.39, 0.29) is 25.5 Å². The molecule has 0 saturated heterocycles. The molecule has 0 fully saturated rings. The molecule has 10 heteroatoms. The van der Waals surface area contributed by atoms with Gasteiger partial charge in [0, 0.05) is 12.6 Å². The van der Waals surface area contributed by atoms with Crippen molar-refractivity contribution in [3.05, 3.63) is 59.7 Å². The Bertz CT molecular complexity index is 1070. The summed E-state index contributed by atoms with van der Waals surface area (Å²) < 4.78 is 15.7. The number of carbonyl (C=O) groups excluding carboxylic acids is 4. The first-order valence-corrected chi connectivity index (χ1v) is 12.5. The number of ether oxygens (including phenoxy) is 3. The van der Waals surface area contributed by atoms with Gasteiger partial charge in [0.1, 0.15) is 24.1 Å². The second kappa shape index (κ2) is 15.2. The molecule has 3 amide bonds. The lowest BCUT2D eigenvalue weighted by atomic mass is 10.0. The molecule has 2 atom stereocenters. The second-order valence-electron chi connectivity index (χ2n) is 9.13. The van der Waals surface area contributed by atoms with Crippen LogP contribution in [0.4, 0.5) is 4.79 Å². The van der Waals surface area contributed by atoms with Crippen molar-refractivity contribution in [1.29, 1.82) is 0 Å². The number of Topliss-reactive ketones (excluding diaryl/α,β-unsaturated/α-hetero) is 1. The van der Waals surface area contributed by atoms with Gasteiger partial charge >= 0.3 is 6.09 Å². The zero-order chi connectivity index (χ0) is 28.1. The molecular formula is C28H37N3O7. The molecule has 3 N–H and O–H groups in total. The topological polar surface area (TPSA) is 132 Å². The van der Waals surface area contributed by atoms with Crippen molar-refractivity contribution in [2.75, 3.05) is 14.2 Å². The van der Waals surface area contributed by atoms with Gasteiger partial charge in [-0.05, 0) is 42.0 Å². The first kappa shape index (κ1) is 30.1. The third-order valence-corrected chi connectivity index (χ3v) is 5.66. The molecule has 0 bridgehead atoms. The van der Waals surface area contributed by atoms with Crippen molar-refractivity contribution in [1.82, 2.24) is 16.0 Å². The molecule has 2 aromatic carbocycles. The van der Waals surface area contributed by atoms with E-state index in [0.717, 1.165) is 5.56 Å². The number of benzene rings is 2. The second-order valence-corrected chi connectivity index (χ2v) is 9.13. The van der Waals surface area contributed by atoms with Gasteiger partial charge in [-0.2, -0.15) is 0 Å². The normalized spacial score (nSPS) is 12.2. The van der Waals surface area contributed by atoms with Crippen LogP contribution in [-0.2, 0) is 32.3 Å². The van der Waals surface area contributed by atoms with Gasteiger partial charge in [0.2, 0.25) is 11.7 Å². The van der Waals surface area contributed by atoms with Gasteiger partial charge in [-0.25, -0.2) is 4.79 Å². The molecule has 10 nitrogen and oxygen atoms in total. The lowest BCUT2D eigenvalue weighted by Crippen LogP contribution is -2.54. The van der Waals surface area contributed by atoms with Crippen LogP contribution in [0.2, 0.25) is 0 Å². The SMILES string of the molecule is CCC(NC(=O)[C@H](CC(C)C)NC(=O)OCc1ccccc1)C(=O)C(=O)NCc1cc(OC)cc(OC)c1. The van der Waals surface area contributed by atoms with E-state index in [4.69, 9.17) is 14.2 Å². The molecule has 0 heterocycles. The molecule has 0 aliphatic carbocycles. The van der Waals surface area contributed by atoms with Crippen LogP contribution in [0.5, 0.6) is 11.5 Å². The minimum atomic E-state index is -1.06. The Morgan fingerprint density at radius 1 is 0.842 bits per heavy atom. The van der Waals surface area contributed by atoms with Crippen molar-refractivity contribution in [2.24, 2.45) is 5.92 Å². The maximum atomic E-state index is 13.0. The van der Waals surface area contributed by atoms with Gasteiger partial charge in [0.15, 0.2) is 0 Å². The van der Waals surface area contributed by atoms with Crippen LogP contribution >= 0.6 is 0 Å². The van der Waals surface area contributed by atoms with Crippen molar-refractivity contribution in [3.8, 4) is 11.5 Å². The summed E-state index contributed by atoms with van der Waals surface area (Å²) >= 11 is 0. The summed E-state index contributed by atoms with van der Waals surface area (Å²) in [5.74, 6) is -1.03. The van der Waals surface area contributed by atoms with E-state index >= 15 is 0 Å². The first-order chi connectivity index (χ1) is 18.2. The Balaban J connectivity index is 1.97. The number of alkyl carbamates (subject to hydrolysis) is 1. The van der Waals surface area contributed by atoms with E-state index in [2.05, 4.69) is 16.0 Å². The van der Waals surface area contributed by atoms with E-state index in [1.54, 1.807) is 25.1 Å². The highest BCUT2D eigenvalue weighted by Gasteiger charge is 2.29. The lowest BCUT2D eigenvalue weighted by Gasteiger charge is -2.23. The predicted molar refractivity (Wildman–Crippen MR) is 142 cm³/mol. The summed E-state index contributed by atoms with van der Waals surface area (Å²) in [5, 5.41) is 7.76. The van der Waals surface area contributed by atoms with Crippen molar-refractivity contribution >= 4 is 23.7 Å². The van der Waals surface area contributed by atoms with Gasteiger partial charge in [0.05, 0.1) is 20.3 Å². The number of rotatable bonds is 14. The highest BCUT2D eigenvalue weighted by atomic mass is 16.5. The van der Waals surface area contributed by atoms with Gasteiger partial charge in [-0.1, -0.05) is 51.1 Å². The monoisotopic (exact) mass is 527 g/mol. The fourth-order valence-electron chi connectivity index (χ4n) is 3.63. The largest absolute Gasteiger partial charge is 0.497 e. The molecule has 0 radical (unpaired) electrons. The summed E-state index contributed by atoms with van der Waals surface area (Å²) in [7, 11) is 3.03. The van der Waals surface area contributed by atoms with Crippen LogP contribution in [-0.4, -0.2) is 50.0 Å². The van der Waals surface area contributed by atoms with Crippen LogP contribution in [0, 0.1) is 5.92 Å². The number of hydrogen-bond donors (Lipinski definition) is 3. The Morgan fingerprint density at radius 3 is 2.03 bits per heavy atom. The molecule has 206 valence electrons. The van der Waals surface area contributed by atoms with Crippen LogP contribution in [0.15, 0.2) is 48.5 Å². The molecule has 38 heavy (non-hydrogen) atoms. The van der Waals surface area contributed by atoms with Gasteiger partial charge in [-0.15, -0.1) is 0 Å². The number of methoxy groups -OCH3 is 2. The molecule has 0 spiro atoms. The standard InChI is InChI=1S/C28H37N3O7/c1-6-23(25(32)27(34)29-16-20-13-21(36-4)15-22(14-20)37-5)30-26(33)24(12-18(2)3)31-28(35)38-17-19-10-8-7-9-11-19/h7-11,13-15,18,23-24H,6,12,16-17H2,1-5H3,(H,29,34)(H,30,33)(H,31,35)/t23?,24-/m0/s1. The van der Waals surface area contributed by atoms with Crippen LogP contribution in [0.1, 0.15) is 44.7 Å². The third-order valence-electron chi connectivity index (χ3n) is 5.66. The molecule has 2 rings (SSSR count). The Kier molecular flexibility index (Phi) is 12.1. The summed E-state index contributed by atoms with van der Waals surface area (Å²) in [6.45, 7) is 5.61. The van der Waals surface area contributed by atoms with Crippen LogP contribution < -0.4 is 25.4 Å². The fraction of sp³-hybridized carbons (Fsp3) is 0.429. The van der Waals surface area contributed by atoms with E-state index in [1.807, 2.05) is 44.2 Å². The highest BCUT2D eigenvalue weighted by molar-refractivity contribution is 6.38.